The quantitative estimate of drug-likeness (QED) is 0.170. The molecule has 0 radical (unpaired) electrons. The first-order valence-corrected chi connectivity index (χ1v) is 20.0. The van der Waals surface area contributed by atoms with Gasteiger partial charge < -0.3 is 9.32 Å². The van der Waals surface area contributed by atoms with Crippen LogP contribution in [0, 0.1) is 0 Å². The summed E-state index contributed by atoms with van der Waals surface area (Å²) in [7, 11) is 0. The fourth-order valence-corrected chi connectivity index (χ4v) is 8.68. The van der Waals surface area contributed by atoms with Gasteiger partial charge in [0.05, 0.1) is 33.1 Å². The van der Waals surface area contributed by atoms with Gasteiger partial charge in [-0.2, -0.15) is 0 Å². The van der Waals surface area contributed by atoms with Gasteiger partial charge in [-0.15, -0.1) is 0 Å². The first-order valence-electron chi connectivity index (χ1n) is 20.0. The van der Waals surface area contributed by atoms with Crippen LogP contribution in [0.4, 0.5) is 17.1 Å². The third-order valence-electron chi connectivity index (χ3n) is 11.1. The molecule has 0 N–H and O–H groups in total. The predicted octanol–water partition coefficient (Wildman–Crippen LogP) is 8.42. The van der Waals surface area contributed by atoms with Gasteiger partial charge in [-0.3, -0.25) is 30.0 Å². The largest absolute Gasteiger partial charge is 0.436 e. The van der Waals surface area contributed by atoms with Gasteiger partial charge in [0.2, 0.25) is 5.89 Å². The molecule has 0 spiro atoms. The van der Waals surface area contributed by atoms with E-state index in [1.165, 1.54) is 10.8 Å². The van der Waals surface area contributed by atoms with Crippen LogP contribution < -0.4 is 37.0 Å². The summed E-state index contributed by atoms with van der Waals surface area (Å²) in [4.78, 5) is 38.4. The van der Waals surface area contributed by atoms with E-state index in [0.717, 1.165) is 88.1 Å². The van der Waals surface area contributed by atoms with E-state index in [9.17, 15) is 0 Å². The molecule has 0 unspecified atom stereocenters. The maximum Gasteiger partial charge on any atom is 0.227 e. The Bertz CT molecular complexity index is 3450. The summed E-state index contributed by atoms with van der Waals surface area (Å²) in [6.07, 6.45) is 0. The smallest absolute Gasteiger partial charge is 0.227 e. The molecule has 286 valence electrons. The summed E-state index contributed by atoms with van der Waals surface area (Å²) < 4.78 is 6.09. The van der Waals surface area contributed by atoms with Crippen LogP contribution in [-0.4, -0.2) is 22.0 Å². The standard InChI is InChI=1S/C50H40N8O/c1-48(2)52-37-18-12-19-38(44(37)55-48)58(40-28-26-35(43-46(40)57-50(5,6)54-43)34-16-11-14-29-13-7-8-15-32(29)34)39-27-25-33(42-45(39)56-49(3,4)53-42)30-21-23-31(24-22-30)47-51-36-17-9-10-20-41(36)59-47/h7-28H,1-6H3. The van der Waals surface area contributed by atoms with Crippen LogP contribution in [0.2, 0.25) is 0 Å². The Hall–Kier alpha value is -7.13. The van der Waals surface area contributed by atoms with Gasteiger partial charge in [0, 0.05) is 16.7 Å². The van der Waals surface area contributed by atoms with Crippen LogP contribution in [-0.2, 0) is 0 Å². The lowest BCUT2D eigenvalue weighted by Crippen LogP contribution is -2.38. The number of rotatable bonds is 6. The Balaban J connectivity index is 1.14. The molecular formula is C50H40N8O. The van der Waals surface area contributed by atoms with Gasteiger partial charge in [-0.05, 0) is 124 Å². The van der Waals surface area contributed by atoms with Crippen molar-refractivity contribution in [3.05, 3.63) is 166 Å². The van der Waals surface area contributed by atoms with Crippen molar-refractivity contribution >= 4 is 38.9 Å². The molecule has 9 nitrogen and oxygen atoms in total. The second kappa shape index (κ2) is 12.4. The maximum atomic E-state index is 6.09. The topological polar surface area (TPSA) is 103 Å². The summed E-state index contributed by atoms with van der Waals surface area (Å²) in [5, 5.41) is 7.31. The molecule has 0 aliphatic carbocycles. The van der Waals surface area contributed by atoms with Gasteiger partial charge in [-0.1, -0.05) is 72.8 Å². The minimum Gasteiger partial charge on any atom is -0.436 e. The Labute approximate surface area is 339 Å². The van der Waals surface area contributed by atoms with E-state index < -0.39 is 17.0 Å². The van der Waals surface area contributed by atoms with Crippen molar-refractivity contribution in [1.82, 2.24) is 4.98 Å². The molecule has 0 saturated heterocycles. The molecule has 1 aromatic heterocycles. The van der Waals surface area contributed by atoms with Crippen LogP contribution >= 0.6 is 0 Å². The van der Waals surface area contributed by atoms with E-state index in [-0.39, 0.29) is 0 Å². The third kappa shape index (κ3) is 5.79. The Morgan fingerprint density at radius 3 is 1.73 bits per heavy atom. The van der Waals surface area contributed by atoms with Gasteiger partial charge in [0.25, 0.3) is 0 Å². The number of nitrogens with zero attached hydrogens (tertiary/aromatic N) is 8. The van der Waals surface area contributed by atoms with Crippen LogP contribution in [0.5, 0.6) is 0 Å². The zero-order chi connectivity index (χ0) is 40.3. The summed E-state index contributed by atoms with van der Waals surface area (Å²) in [6, 6.07) is 45.9. The molecule has 11 rings (SSSR count). The zero-order valence-corrected chi connectivity index (χ0v) is 33.7. The molecule has 0 bridgehead atoms. The number of fused-ring (bicyclic) bond motifs is 5. The zero-order valence-electron chi connectivity index (χ0n) is 33.7. The lowest BCUT2D eigenvalue weighted by atomic mass is 9.97. The number of anilines is 3. The lowest BCUT2D eigenvalue weighted by Gasteiger charge is -2.26. The average molecular weight is 769 g/mol. The van der Waals surface area contributed by atoms with E-state index in [2.05, 4.69) is 122 Å². The lowest BCUT2D eigenvalue weighted by molar-refractivity contribution is 0.549. The van der Waals surface area contributed by atoms with Gasteiger partial charge in [0.15, 0.2) is 5.58 Å². The van der Waals surface area contributed by atoms with Crippen molar-refractivity contribution in [2.24, 2.45) is 30.0 Å². The molecule has 59 heavy (non-hydrogen) atoms. The van der Waals surface area contributed by atoms with E-state index in [1.54, 1.807) is 0 Å². The highest BCUT2D eigenvalue weighted by Crippen LogP contribution is 2.34. The minimum atomic E-state index is -0.695. The number of oxazole rings is 1. The second-order valence-electron chi connectivity index (χ2n) is 16.9. The molecule has 3 aliphatic heterocycles. The van der Waals surface area contributed by atoms with Crippen molar-refractivity contribution in [2.75, 3.05) is 4.90 Å². The third-order valence-corrected chi connectivity index (χ3v) is 11.1. The van der Waals surface area contributed by atoms with Crippen molar-refractivity contribution in [2.45, 2.75) is 58.5 Å². The Morgan fingerprint density at radius 1 is 0.424 bits per heavy atom. The van der Waals surface area contributed by atoms with Crippen LogP contribution in [0.25, 0.3) is 55.6 Å². The van der Waals surface area contributed by atoms with E-state index in [1.807, 2.05) is 58.0 Å². The molecule has 0 amide bonds. The Kier molecular flexibility index (Phi) is 7.39. The highest BCUT2D eigenvalue weighted by atomic mass is 16.3. The molecule has 3 aliphatic rings. The van der Waals surface area contributed by atoms with E-state index >= 15 is 0 Å². The number of hydrogen-bond acceptors (Lipinski definition) is 9. The van der Waals surface area contributed by atoms with Gasteiger partial charge in [0.1, 0.15) is 38.6 Å². The van der Waals surface area contributed by atoms with E-state index in [4.69, 9.17) is 39.4 Å². The molecule has 8 aromatic rings. The molecule has 4 heterocycles. The predicted molar refractivity (Wildman–Crippen MR) is 232 cm³/mol. The number of benzene rings is 7. The van der Waals surface area contributed by atoms with Gasteiger partial charge >= 0.3 is 0 Å². The number of para-hydroxylation sites is 3. The summed E-state index contributed by atoms with van der Waals surface area (Å²) in [5.74, 6) is 0.588. The monoisotopic (exact) mass is 768 g/mol. The first-order chi connectivity index (χ1) is 28.4. The Morgan fingerprint density at radius 2 is 0.983 bits per heavy atom. The molecule has 7 aromatic carbocycles. The maximum absolute atomic E-state index is 6.09. The van der Waals surface area contributed by atoms with Crippen molar-refractivity contribution in [3.63, 3.8) is 0 Å². The fraction of sp³-hybridized carbons (Fsp3) is 0.180. The summed E-state index contributed by atoms with van der Waals surface area (Å²) in [5.41, 5.74) is 7.31. The van der Waals surface area contributed by atoms with Crippen LogP contribution in [0.1, 0.15) is 41.5 Å². The SMILES string of the molecule is CC1(C)N=c2cccc(N(c3ccc(-c4ccc(-c5nc6ccccc6o5)cc4)c4c3=NC(C)(C)N=4)c3ccc(-c4cccc5ccccc45)c4c3=NC(C)(C)N=4)c2=N1. The van der Waals surface area contributed by atoms with Crippen LogP contribution in [0.15, 0.2) is 168 Å². The molecule has 0 atom stereocenters. The minimum absolute atomic E-state index is 0.588. The van der Waals surface area contributed by atoms with Crippen molar-refractivity contribution < 1.29 is 4.42 Å². The van der Waals surface area contributed by atoms with E-state index in [0.29, 0.717) is 5.89 Å². The highest BCUT2D eigenvalue weighted by Gasteiger charge is 2.31. The summed E-state index contributed by atoms with van der Waals surface area (Å²) in [6.45, 7) is 12.3. The number of aromatic nitrogens is 1. The fourth-order valence-electron chi connectivity index (χ4n) is 8.68. The normalized spacial score (nSPS) is 16.2. The van der Waals surface area contributed by atoms with Crippen molar-refractivity contribution in [1.29, 1.82) is 0 Å². The molecule has 0 saturated carbocycles. The number of hydrogen-bond donors (Lipinski definition) is 0. The highest BCUT2D eigenvalue weighted by molar-refractivity contribution is 5.97. The second-order valence-corrected chi connectivity index (χ2v) is 16.9. The average Bonchev–Trinajstić information content (AvgIpc) is 3.97. The molecule has 0 fully saturated rings. The van der Waals surface area contributed by atoms with Gasteiger partial charge in [-0.25, -0.2) is 4.98 Å². The molecule has 9 heteroatoms. The summed E-state index contributed by atoms with van der Waals surface area (Å²) >= 11 is 0. The van der Waals surface area contributed by atoms with Crippen LogP contribution in [0.3, 0.4) is 0 Å². The first kappa shape index (κ1) is 35.1. The molecular weight excluding hydrogens is 729 g/mol. The van der Waals surface area contributed by atoms with Crippen molar-refractivity contribution in [3.8, 4) is 33.7 Å².